The van der Waals surface area contributed by atoms with Crippen molar-refractivity contribution in [2.45, 2.75) is 71.2 Å². The summed E-state index contributed by atoms with van der Waals surface area (Å²) in [6, 6.07) is 3.27. The van der Waals surface area contributed by atoms with E-state index in [2.05, 4.69) is 10.3 Å². The van der Waals surface area contributed by atoms with Crippen LogP contribution in [0.2, 0.25) is 0 Å². The van der Waals surface area contributed by atoms with E-state index in [0.717, 1.165) is 31.0 Å². The van der Waals surface area contributed by atoms with Gasteiger partial charge in [0.2, 0.25) is 5.91 Å². The van der Waals surface area contributed by atoms with Gasteiger partial charge in [0.25, 0.3) is 5.91 Å². The van der Waals surface area contributed by atoms with E-state index in [1.54, 1.807) is 24.8 Å². The molecule has 1 aliphatic carbocycles. The average molecular weight is 472 g/mol. The molecule has 2 heterocycles. The fourth-order valence-corrected chi connectivity index (χ4v) is 4.89. The van der Waals surface area contributed by atoms with Crippen LogP contribution in [0.1, 0.15) is 79.4 Å². The van der Waals surface area contributed by atoms with Crippen LogP contribution in [-0.2, 0) is 4.79 Å². The van der Waals surface area contributed by atoms with E-state index in [4.69, 9.17) is 0 Å². The van der Waals surface area contributed by atoms with Gasteiger partial charge in [-0.25, -0.2) is 8.78 Å². The number of likely N-dealkylation sites (tertiary alicyclic amines) is 1. The van der Waals surface area contributed by atoms with Gasteiger partial charge in [0.1, 0.15) is 17.7 Å². The molecule has 6 nitrogen and oxygen atoms in total. The zero-order chi connectivity index (χ0) is 24.7. The fraction of sp³-hybridized carbons (Fsp3) is 0.500. The van der Waals surface area contributed by atoms with E-state index in [9.17, 15) is 23.5 Å². The van der Waals surface area contributed by atoms with Gasteiger partial charge in [-0.05, 0) is 76.1 Å². The summed E-state index contributed by atoms with van der Waals surface area (Å²) in [6.45, 7) is 7.21. The maximum absolute atomic E-state index is 14.5. The number of aliphatic hydroxyl groups is 1. The minimum absolute atomic E-state index is 0.0327. The second-order valence-electron chi connectivity index (χ2n) is 9.76. The van der Waals surface area contributed by atoms with Crippen molar-refractivity contribution >= 4 is 11.8 Å². The number of aliphatic hydroxyl groups excluding tert-OH is 1. The summed E-state index contributed by atoms with van der Waals surface area (Å²) in [4.78, 5) is 32.9. The van der Waals surface area contributed by atoms with Crippen LogP contribution in [0.15, 0.2) is 30.5 Å². The predicted octanol–water partition coefficient (Wildman–Crippen LogP) is 4.23. The number of carbonyl (C=O) groups excluding carboxylic acids is 2. The van der Waals surface area contributed by atoms with Crippen LogP contribution < -0.4 is 5.32 Å². The van der Waals surface area contributed by atoms with Crippen molar-refractivity contribution in [2.24, 2.45) is 11.8 Å². The van der Waals surface area contributed by atoms with Gasteiger partial charge in [0, 0.05) is 34.6 Å². The van der Waals surface area contributed by atoms with Crippen molar-refractivity contribution in [1.82, 2.24) is 15.2 Å². The summed E-state index contributed by atoms with van der Waals surface area (Å²) in [5, 5.41) is 13.1. The highest BCUT2D eigenvalue weighted by Gasteiger charge is 2.45. The van der Waals surface area contributed by atoms with E-state index < -0.39 is 29.8 Å². The molecule has 1 saturated heterocycles. The van der Waals surface area contributed by atoms with Crippen molar-refractivity contribution in [3.8, 4) is 0 Å². The first-order chi connectivity index (χ1) is 16.1. The lowest BCUT2D eigenvalue weighted by Gasteiger charge is -2.31. The standard InChI is InChI=1S/C26H31F2N3O3/c1-13-9-23(25(33)30-24(17-5-6-17)20-11-18(27)7-8-22(20)28)31(15(13)3)26(34)19-10-14(2)29-12-21(19)16(4)32/h7-8,10-13,15-17,23-24,32H,5-6,9H2,1-4H3,(H,30,33)/t13-,15-,16?,23-,24-/m1/s1. The molecule has 5 atom stereocenters. The third-order valence-electron chi connectivity index (χ3n) is 7.17. The Labute approximate surface area is 198 Å². The highest BCUT2D eigenvalue weighted by molar-refractivity contribution is 5.99. The van der Waals surface area contributed by atoms with E-state index in [1.807, 2.05) is 13.8 Å². The molecule has 4 rings (SSSR count). The van der Waals surface area contributed by atoms with Crippen LogP contribution >= 0.6 is 0 Å². The lowest BCUT2D eigenvalue weighted by Crippen LogP contribution is -2.49. The molecule has 182 valence electrons. The third kappa shape index (κ3) is 4.69. The molecule has 1 aromatic carbocycles. The molecule has 0 radical (unpaired) electrons. The Bertz CT molecular complexity index is 1100. The van der Waals surface area contributed by atoms with Gasteiger partial charge in [0.15, 0.2) is 0 Å². The molecule has 2 N–H and O–H groups in total. The Kier molecular flexibility index (Phi) is 6.71. The number of nitrogens with one attached hydrogen (secondary N) is 1. The van der Waals surface area contributed by atoms with Gasteiger partial charge in [0.05, 0.1) is 12.1 Å². The van der Waals surface area contributed by atoms with E-state index in [0.29, 0.717) is 23.2 Å². The van der Waals surface area contributed by atoms with E-state index in [1.165, 1.54) is 6.20 Å². The lowest BCUT2D eigenvalue weighted by molar-refractivity contribution is -0.126. The van der Waals surface area contributed by atoms with Crippen LogP contribution in [0.3, 0.4) is 0 Å². The number of halogens is 2. The van der Waals surface area contributed by atoms with Gasteiger partial charge in [-0.3, -0.25) is 14.6 Å². The third-order valence-corrected chi connectivity index (χ3v) is 7.17. The summed E-state index contributed by atoms with van der Waals surface area (Å²) in [5.74, 6) is -1.76. The van der Waals surface area contributed by atoms with Crippen molar-refractivity contribution < 1.29 is 23.5 Å². The number of aryl methyl sites for hydroxylation is 1. The Morgan fingerprint density at radius 2 is 1.88 bits per heavy atom. The maximum atomic E-state index is 14.5. The fourth-order valence-electron chi connectivity index (χ4n) is 4.89. The van der Waals surface area contributed by atoms with E-state index in [-0.39, 0.29) is 35.3 Å². The van der Waals surface area contributed by atoms with Crippen LogP contribution in [0.4, 0.5) is 8.78 Å². The minimum atomic E-state index is -0.898. The topological polar surface area (TPSA) is 82.5 Å². The maximum Gasteiger partial charge on any atom is 0.255 e. The van der Waals surface area contributed by atoms with Gasteiger partial charge >= 0.3 is 0 Å². The second-order valence-corrected chi connectivity index (χ2v) is 9.76. The first kappa shape index (κ1) is 24.3. The SMILES string of the molecule is Cc1cc(C(=O)N2[C@@H](C(=O)N[C@@H](c3cc(F)ccc3F)C3CC3)C[C@@H](C)[C@H]2C)c(C(C)O)cn1. The molecule has 0 bridgehead atoms. The molecule has 2 aromatic rings. The molecule has 8 heteroatoms. The second kappa shape index (κ2) is 9.41. The zero-order valence-electron chi connectivity index (χ0n) is 19.9. The zero-order valence-corrected chi connectivity index (χ0v) is 19.9. The van der Waals surface area contributed by atoms with Crippen LogP contribution in [0.5, 0.6) is 0 Å². The van der Waals surface area contributed by atoms with Gasteiger partial charge in [-0.1, -0.05) is 6.92 Å². The van der Waals surface area contributed by atoms with Crippen LogP contribution in [0.25, 0.3) is 0 Å². The lowest BCUT2D eigenvalue weighted by atomic mass is 9.99. The number of hydrogen-bond acceptors (Lipinski definition) is 4. The summed E-state index contributed by atoms with van der Waals surface area (Å²) < 4.78 is 28.4. The normalized spacial score (nSPS) is 24.1. The van der Waals surface area contributed by atoms with Crippen molar-refractivity contribution in [1.29, 1.82) is 0 Å². The number of hydrogen-bond donors (Lipinski definition) is 2. The molecule has 1 saturated carbocycles. The molecular weight excluding hydrogens is 440 g/mol. The number of aromatic nitrogens is 1. The summed E-state index contributed by atoms with van der Waals surface area (Å²) in [5.41, 5.74) is 1.48. The predicted molar refractivity (Wildman–Crippen MR) is 123 cm³/mol. The number of pyridine rings is 1. The first-order valence-corrected chi connectivity index (χ1v) is 11.8. The number of benzene rings is 1. The average Bonchev–Trinajstić information content (AvgIpc) is 3.58. The highest BCUT2D eigenvalue weighted by atomic mass is 19.1. The molecule has 1 unspecified atom stereocenters. The number of rotatable bonds is 6. The summed E-state index contributed by atoms with van der Waals surface area (Å²) in [6.07, 6.45) is 2.67. The van der Waals surface area contributed by atoms with Crippen molar-refractivity contribution in [3.63, 3.8) is 0 Å². The molecule has 34 heavy (non-hydrogen) atoms. The van der Waals surface area contributed by atoms with Crippen LogP contribution in [0, 0.1) is 30.4 Å². The van der Waals surface area contributed by atoms with Gasteiger partial charge in [-0.15, -0.1) is 0 Å². The Morgan fingerprint density at radius 3 is 2.53 bits per heavy atom. The molecule has 0 spiro atoms. The van der Waals surface area contributed by atoms with Gasteiger partial charge < -0.3 is 15.3 Å². The Hall–Kier alpha value is -2.87. The number of carbonyl (C=O) groups is 2. The summed E-state index contributed by atoms with van der Waals surface area (Å²) in [7, 11) is 0. The molecule has 2 amide bonds. The first-order valence-electron chi connectivity index (χ1n) is 11.8. The molecule has 1 aromatic heterocycles. The Balaban J connectivity index is 1.64. The van der Waals surface area contributed by atoms with Gasteiger partial charge in [-0.2, -0.15) is 0 Å². The molecular formula is C26H31F2N3O3. The largest absolute Gasteiger partial charge is 0.389 e. The molecule has 2 aliphatic rings. The molecule has 1 aliphatic heterocycles. The molecule has 2 fully saturated rings. The van der Waals surface area contributed by atoms with Crippen molar-refractivity contribution in [3.05, 3.63) is 64.5 Å². The minimum Gasteiger partial charge on any atom is -0.389 e. The number of nitrogens with zero attached hydrogens (tertiary/aromatic N) is 2. The summed E-state index contributed by atoms with van der Waals surface area (Å²) >= 11 is 0. The highest BCUT2D eigenvalue weighted by Crippen LogP contribution is 2.42. The van der Waals surface area contributed by atoms with E-state index >= 15 is 0 Å². The van der Waals surface area contributed by atoms with Crippen LogP contribution in [-0.4, -0.2) is 38.9 Å². The van der Waals surface area contributed by atoms with Crippen molar-refractivity contribution in [2.75, 3.05) is 0 Å². The number of amides is 2. The monoisotopic (exact) mass is 471 g/mol. The smallest absolute Gasteiger partial charge is 0.255 e. The quantitative estimate of drug-likeness (QED) is 0.661. The Morgan fingerprint density at radius 1 is 1.18 bits per heavy atom.